The Balaban J connectivity index is 3.51. The normalized spacial score (nSPS) is 13.2. The number of unbranched alkanes of at least 4 members (excludes halogenated alkanes) is 41. The fraction of sp³-hybridized carbons (Fsp3) is 0.828. The van der Waals surface area contributed by atoms with Crippen molar-refractivity contribution >= 4 is 5.91 Å². The molecule has 0 spiro atoms. The minimum absolute atomic E-state index is 0.0792. The number of allylic oxidation sites excluding steroid dienone is 9. The Morgan fingerprint density at radius 1 is 0.353 bits per heavy atom. The maximum Gasteiger partial charge on any atom is 0.220 e. The van der Waals surface area contributed by atoms with Crippen molar-refractivity contribution in [3.8, 4) is 0 Å². The SMILES string of the molecule is CCCCCCC/C=C\C/C=C\C/C=C\CCCCCCCCCCC(=O)NC(CO)C(O)/C=C/CC/C=C/CCCCCCCCCCCCCCCCCCCCCCCCCCCCC. The standard InChI is InChI=1S/C64H119NO3/c1-3-5-7-9-11-13-15-17-19-21-23-25-27-28-29-30-31-32-33-34-35-36-38-39-41-43-45-47-49-51-53-55-57-59-63(67)62(61-66)65-64(68)60-58-56-54-52-50-48-46-44-42-40-37-26-24-22-20-18-16-14-12-10-8-6-4-2/h16,18,22,24,37,40,49,51,57,59,62-63,66-67H,3-15,17,19-21,23,25-36,38-39,41-48,50,52-56,58,60-61H2,1-2H3,(H,65,68)/b18-16-,24-22-,40-37-,51-49+,59-57+. The summed E-state index contributed by atoms with van der Waals surface area (Å²) in [4.78, 5) is 12.5. The third-order valence-corrected chi connectivity index (χ3v) is 14.0. The summed E-state index contributed by atoms with van der Waals surface area (Å²) in [5, 5.41) is 23.2. The van der Waals surface area contributed by atoms with Crippen LogP contribution in [-0.2, 0) is 4.79 Å². The first kappa shape index (κ1) is 66.1. The summed E-state index contributed by atoms with van der Waals surface area (Å²) in [6.07, 6.45) is 84.1. The van der Waals surface area contributed by atoms with Gasteiger partial charge in [-0.15, -0.1) is 0 Å². The van der Waals surface area contributed by atoms with Gasteiger partial charge in [-0.1, -0.05) is 306 Å². The first-order chi connectivity index (χ1) is 33.7. The van der Waals surface area contributed by atoms with Crippen LogP contribution >= 0.6 is 0 Å². The Bertz CT molecular complexity index is 1120. The van der Waals surface area contributed by atoms with Crippen molar-refractivity contribution in [2.75, 3.05) is 6.61 Å². The second kappa shape index (κ2) is 59.4. The second-order valence-corrected chi connectivity index (χ2v) is 20.8. The van der Waals surface area contributed by atoms with E-state index in [-0.39, 0.29) is 12.5 Å². The van der Waals surface area contributed by atoms with Crippen molar-refractivity contribution < 1.29 is 15.0 Å². The largest absolute Gasteiger partial charge is 0.394 e. The van der Waals surface area contributed by atoms with Crippen LogP contribution in [0.3, 0.4) is 0 Å². The van der Waals surface area contributed by atoms with Crippen molar-refractivity contribution in [1.29, 1.82) is 0 Å². The van der Waals surface area contributed by atoms with E-state index >= 15 is 0 Å². The molecule has 2 atom stereocenters. The monoisotopic (exact) mass is 950 g/mol. The highest BCUT2D eigenvalue weighted by atomic mass is 16.3. The molecule has 4 nitrogen and oxygen atoms in total. The lowest BCUT2D eigenvalue weighted by Crippen LogP contribution is -2.45. The molecule has 68 heavy (non-hydrogen) atoms. The Morgan fingerprint density at radius 3 is 0.956 bits per heavy atom. The molecule has 4 heteroatoms. The molecule has 0 bridgehead atoms. The molecule has 0 aromatic carbocycles. The molecule has 0 aromatic heterocycles. The summed E-state index contributed by atoms with van der Waals surface area (Å²) in [6.45, 7) is 4.31. The number of carbonyl (C=O) groups excluding carboxylic acids is 1. The quantitative estimate of drug-likeness (QED) is 0.0420. The lowest BCUT2D eigenvalue weighted by molar-refractivity contribution is -0.123. The number of nitrogens with one attached hydrogen (secondary N) is 1. The summed E-state index contributed by atoms with van der Waals surface area (Å²) >= 11 is 0. The number of hydrogen-bond acceptors (Lipinski definition) is 3. The molecule has 3 N–H and O–H groups in total. The third-order valence-electron chi connectivity index (χ3n) is 14.0. The van der Waals surface area contributed by atoms with E-state index in [4.69, 9.17) is 0 Å². The van der Waals surface area contributed by atoms with Gasteiger partial charge >= 0.3 is 0 Å². The summed E-state index contributed by atoms with van der Waals surface area (Å²) in [6, 6.07) is -0.647. The number of hydrogen-bond donors (Lipinski definition) is 3. The van der Waals surface area contributed by atoms with Crippen molar-refractivity contribution in [1.82, 2.24) is 5.32 Å². The van der Waals surface area contributed by atoms with E-state index in [1.807, 2.05) is 6.08 Å². The molecule has 1 amide bonds. The van der Waals surface area contributed by atoms with Crippen LogP contribution in [0, 0.1) is 0 Å². The maximum atomic E-state index is 12.5. The number of carbonyl (C=O) groups is 1. The number of aliphatic hydroxyl groups excluding tert-OH is 2. The van der Waals surface area contributed by atoms with Gasteiger partial charge in [0.25, 0.3) is 0 Å². The van der Waals surface area contributed by atoms with Gasteiger partial charge in [-0.3, -0.25) is 4.79 Å². The first-order valence-corrected chi connectivity index (χ1v) is 30.5. The van der Waals surface area contributed by atoms with Crippen molar-refractivity contribution in [2.24, 2.45) is 0 Å². The molecule has 2 unspecified atom stereocenters. The average Bonchev–Trinajstić information content (AvgIpc) is 3.34. The van der Waals surface area contributed by atoms with Gasteiger partial charge < -0.3 is 15.5 Å². The van der Waals surface area contributed by atoms with Crippen LogP contribution in [0.5, 0.6) is 0 Å². The lowest BCUT2D eigenvalue weighted by atomic mass is 10.0. The first-order valence-electron chi connectivity index (χ1n) is 30.5. The fourth-order valence-corrected chi connectivity index (χ4v) is 9.32. The molecule has 0 saturated heterocycles. The van der Waals surface area contributed by atoms with Crippen molar-refractivity contribution in [3.05, 3.63) is 60.8 Å². The number of aliphatic hydroxyl groups is 2. The van der Waals surface area contributed by atoms with Crippen LogP contribution in [0.15, 0.2) is 60.8 Å². The predicted molar refractivity (Wildman–Crippen MR) is 304 cm³/mol. The van der Waals surface area contributed by atoms with Gasteiger partial charge in [0.15, 0.2) is 0 Å². The topological polar surface area (TPSA) is 69.6 Å². The Hall–Kier alpha value is -1.91. The van der Waals surface area contributed by atoms with Crippen LogP contribution < -0.4 is 5.32 Å². The highest BCUT2D eigenvalue weighted by Gasteiger charge is 2.18. The van der Waals surface area contributed by atoms with Crippen LogP contribution in [0.1, 0.15) is 322 Å². The van der Waals surface area contributed by atoms with Gasteiger partial charge in [0.2, 0.25) is 5.91 Å². The van der Waals surface area contributed by atoms with E-state index in [0.717, 1.165) is 51.4 Å². The Morgan fingerprint density at radius 2 is 0.618 bits per heavy atom. The summed E-state index contributed by atoms with van der Waals surface area (Å²) in [7, 11) is 0. The zero-order chi connectivity index (χ0) is 49.2. The van der Waals surface area contributed by atoms with Crippen LogP contribution in [0.2, 0.25) is 0 Å². The molecule has 0 aromatic rings. The molecule has 0 saturated carbocycles. The molecule has 398 valence electrons. The van der Waals surface area contributed by atoms with Crippen LogP contribution in [0.4, 0.5) is 0 Å². The zero-order valence-corrected chi connectivity index (χ0v) is 45.9. The van der Waals surface area contributed by atoms with Crippen LogP contribution in [-0.4, -0.2) is 34.9 Å². The summed E-state index contributed by atoms with van der Waals surface area (Å²) < 4.78 is 0. The number of amides is 1. The molecule has 0 aliphatic heterocycles. The highest BCUT2D eigenvalue weighted by Crippen LogP contribution is 2.17. The van der Waals surface area contributed by atoms with Gasteiger partial charge in [0.1, 0.15) is 0 Å². The van der Waals surface area contributed by atoms with Gasteiger partial charge in [-0.05, 0) is 70.6 Å². The molecular weight excluding hydrogens is 831 g/mol. The van der Waals surface area contributed by atoms with Crippen LogP contribution in [0.25, 0.3) is 0 Å². The number of rotatable bonds is 56. The molecular formula is C64H119NO3. The van der Waals surface area contributed by atoms with Gasteiger partial charge in [0.05, 0.1) is 18.8 Å². The molecule has 0 heterocycles. The van der Waals surface area contributed by atoms with Crippen molar-refractivity contribution in [3.63, 3.8) is 0 Å². The summed E-state index contributed by atoms with van der Waals surface area (Å²) in [5.74, 6) is -0.0792. The molecule has 0 aliphatic carbocycles. The zero-order valence-electron chi connectivity index (χ0n) is 45.9. The predicted octanol–water partition coefficient (Wildman–Crippen LogP) is 20.4. The molecule has 0 radical (unpaired) electrons. The fourth-order valence-electron chi connectivity index (χ4n) is 9.32. The van der Waals surface area contributed by atoms with Gasteiger partial charge in [-0.2, -0.15) is 0 Å². The van der Waals surface area contributed by atoms with Gasteiger partial charge in [-0.25, -0.2) is 0 Å². The third kappa shape index (κ3) is 55.0. The molecule has 0 aliphatic rings. The van der Waals surface area contributed by atoms with E-state index in [0.29, 0.717) is 6.42 Å². The lowest BCUT2D eigenvalue weighted by Gasteiger charge is -2.19. The Kier molecular flexibility index (Phi) is 57.7. The van der Waals surface area contributed by atoms with E-state index in [1.54, 1.807) is 6.08 Å². The van der Waals surface area contributed by atoms with Gasteiger partial charge in [0, 0.05) is 6.42 Å². The van der Waals surface area contributed by atoms with Crippen molar-refractivity contribution in [2.45, 2.75) is 334 Å². The molecule has 0 fully saturated rings. The highest BCUT2D eigenvalue weighted by molar-refractivity contribution is 5.76. The second-order valence-electron chi connectivity index (χ2n) is 20.8. The van der Waals surface area contributed by atoms with E-state index in [2.05, 4.69) is 67.8 Å². The average molecular weight is 951 g/mol. The maximum absolute atomic E-state index is 12.5. The van der Waals surface area contributed by atoms with E-state index in [9.17, 15) is 15.0 Å². The minimum Gasteiger partial charge on any atom is -0.394 e. The Labute approximate surface area is 426 Å². The molecule has 0 rings (SSSR count). The summed E-state index contributed by atoms with van der Waals surface area (Å²) in [5.41, 5.74) is 0. The van der Waals surface area contributed by atoms with E-state index in [1.165, 1.54) is 250 Å². The smallest absolute Gasteiger partial charge is 0.220 e. The van der Waals surface area contributed by atoms with E-state index < -0.39 is 12.1 Å². The minimum atomic E-state index is -0.870.